The van der Waals surface area contributed by atoms with Crippen LogP contribution in [-0.2, 0) is 18.3 Å². The Morgan fingerprint density at radius 1 is 1.36 bits per heavy atom. The topological polar surface area (TPSA) is 69.2 Å². The molecule has 0 aliphatic carbocycles. The molecule has 7 nitrogen and oxygen atoms in total. The second-order valence-electron chi connectivity index (χ2n) is 6.10. The lowest BCUT2D eigenvalue weighted by Crippen LogP contribution is -2.22. The van der Waals surface area contributed by atoms with Crippen LogP contribution in [0.25, 0.3) is 0 Å². The third-order valence-corrected chi connectivity index (χ3v) is 4.24. The Labute approximate surface area is 130 Å². The number of ether oxygens (including phenoxy) is 1. The number of rotatable bonds is 5. The molecule has 1 aliphatic rings. The lowest BCUT2D eigenvalue weighted by Gasteiger charge is -2.15. The van der Waals surface area contributed by atoms with Gasteiger partial charge >= 0.3 is 0 Å². The summed E-state index contributed by atoms with van der Waals surface area (Å²) in [4.78, 5) is 6.82. The van der Waals surface area contributed by atoms with Crippen LogP contribution in [0.5, 0.6) is 0 Å². The minimum atomic E-state index is 0.232. The summed E-state index contributed by atoms with van der Waals surface area (Å²) in [6.07, 6.45) is 0. The molecule has 0 spiro atoms. The lowest BCUT2D eigenvalue weighted by molar-refractivity contribution is 0.142. The summed E-state index contributed by atoms with van der Waals surface area (Å²) in [5, 5.41) is 8.34. The fourth-order valence-corrected chi connectivity index (χ4v) is 3.26. The average molecular weight is 305 g/mol. The molecule has 1 saturated heterocycles. The van der Waals surface area contributed by atoms with Crippen molar-refractivity contribution in [3.05, 3.63) is 29.2 Å². The number of aryl methyl sites for hydroxylation is 3. The van der Waals surface area contributed by atoms with Crippen molar-refractivity contribution in [2.75, 3.05) is 26.8 Å². The van der Waals surface area contributed by atoms with Crippen LogP contribution in [0.4, 0.5) is 0 Å². The van der Waals surface area contributed by atoms with Crippen molar-refractivity contribution < 1.29 is 9.26 Å². The van der Waals surface area contributed by atoms with Gasteiger partial charge in [0.05, 0.1) is 23.9 Å². The summed E-state index contributed by atoms with van der Waals surface area (Å²) >= 11 is 0. The average Bonchev–Trinajstić information content (AvgIpc) is 3.12. The smallest absolute Gasteiger partial charge is 0.231 e. The van der Waals surface area contributed by atoms with Crippen molar-refractivity contribution in [2.24, 2.45) is 13.0 Å². The van der Waals surface area contributed by atoms with Gasteiger partial charge in [-0.1, -0.05) is 5.16 Å². The van der Waals surface area contributed by atoms with Gasteiger partial charge in [0.25, 0.3) is 0 Å². The molecular weight excluding hydrogens is 282 g/mol. The number of likely N-dealkylation sites (tertiary alicyclic amines) is 1. The first-order chi connectivity index (χ1) is 10.6. The van der Waals surface area contributed by atoms with Gasteiger partial charge in [-0.3, -0.25) is 9.58 Å². The minimum absolute atomic E-state index is 0.232. The standard InChI is InChI=1S/C15H23N5O2/c1-10-5-13(19(3)17-10)7-20-6-12(9-21-4)14(8-20)15-16-11(2)18-22-15/h5,12,14H,6-9H2,1-4H3/t12-,14+/m0/s1. The summed E-state index contributed by atoms with van der Waals surface area (Å²) < 4.78 is 12.7. The zero-order chi connectivity index (χ0) is 15.7. The van der Waals surface area contributed by atoms with E-state index in [9.17, 15) is 0 Å². The highest BCUT2D eigenvalue weighted by atomic mass is 16.5. The Kier molecular flexibility index (Phi) is 4.26. The Hall–Kier alpha value is -1.73. The fourth-order valence-electron chi connectivity index (χ4n) is 3.26. The van der Waals surface area contributed by atoms with E-state index in [-0.39, 0.29) is 5.92 Å². The molecule has 7 heteroatoms. The van der Waals surface area contributed by atoms with E-state index in [1.54, 1.807) is 7.11 Å². The van der Waals surface area contributed by atoms with Crippen molar-refractivity contribution in [3.8, 4) is 0 Å². The third kappa shape index (κ3) is 3.05. The first-order valence-electron chi connectivity index (χ1n) is 7.58. The monoisotopic (exact) mass is 305 g/mol. The molecule has 0 aromatic carbocycles. The number of methoxy groups -OCH3 is 1. The summed E-state index contributed by atoms with van der Waals surface area (Å²) in [6, 6.07) is 2.13. The van der Waals surface area contributed by atoms with E-state index < -0.39 is 0 Å². The van der Waals surface area contributed by atoms with Gasteiger partial charge in [0.1, 0.15) is 0 Å². The molecule has 2 aromatic rings. The van der Waals surface area contributed by atoms with Crippen LogP contribution in [0.1, 0.15) is 29.0 Å². The van der Waals surface area contributed by atoms with E-state index in [1.807, 2.05) is 25.6 Å². The molecule has 0 amide bonds. The molecular formula is C15H23N5O2. The summed E-state index contributed by atoms with van der Waals surface area (Å²) in [5.74, 6) is 2.02. The van der Waals surface area contributed by atoms with Crippen LogP contribution in [0.3, 0.4) is 0 Å². The van der Waals surface area contributed by atoms with Gasteiger partial charge in [0.15, 0.2) is 5.82 Å². The molecule has 0 unspecified atom stereocenters. The molecule has 3 rings (SSSR count). The van der Waals surface area contributed by atoms with Crippen LogP contribution in [0, 0.1) is 19.8 Å². The van der Waals surface area contributed by atoms with E-state index in [0.29, 0.717) is 18.3 Å². The molecule has 3 heterocycles. The first-order valence-corrected chi connectivity index (χ1v) is 7.58. The first kappa shape index (κ1) is 15.2. The maximum atomic E-state index is 5.39. The van der Waals surface area contributed by atoms with Gasteiger partial charge in [-0.05, 0) is 19.9 Å². The number of nitrogens with zero attached hydrogens (tertiary/aromatic N) is 5. The lowest BCUT2D eigenvalue weighted by atomic mass is 9.97. The Balaban J connectivity index is 1.74. The van der Waals surface area contributed by atoms with Crippen LogP contribution >= 0.6 is 0 Å². The normalized spacial score (nSPS) is 22.5. The predicted octanol–water partition coefficient (Wildman–Crippen LogP) is 1.28. The van der Waals surface area contributed by atoms with Gasteiger partial charge in [-0.2, -0.15) is 10.1 Å². The molecule has 0 N–H and O–H groups in total. The number of hydrogen-bond acceptors (Lipinski definition) is 6. The van der Waals surface area contributed by atoms with Crippen molar-refractivity contribution >= 4 is 0 Å². The van der Waals surface area contributed by atoms with E-state index in [2.05, 4.69) is 26.2 Å². The second-order valence-corrected chi connectivity index (χ2v) is 6.10. The number of hydrogen-bond donors (Lipinski definition) is 0. The molecule has 2 aromatic heterocycles. The Morgan fingerprint density at radius 2 is 2.18 bits per heavy atom. The van der Waals surface area contributed by atoms with Gasteiger partial charge in [-0.25, -0.2) is 0 Å². The molecule has 0 bridgehead atoms. The molecule has 120 valence electrons. The van der Waals surface area contributed by atoms with Crippen LogP contribution in [0.2, 0.25) is 0 Å². The Bertz CT molecular complexity index is 636. The fraction of sp³-hybridized carbons (Fsp3) is 0.667. The second kappa shape index (κ2) is 6.18. The Morgan fingerprint density at radius 3 is 2.77 bits per heavy atom. The summed E-state index contributed by atoms with van der Waals surface area (Å²) in [6.45, 7) is 7.31. The van der Waals surface area contributed by atoms with Gasteiger partial charge in [0, 0.05) is 39.7 Å². The predicted molar refractivity (Wildman–Crippen MR) is 80.4 cm³/mol. The highest BCUT2D eigenvalue weighted by molar-refractivity contribution is 5.10. The molecule has 1 fully saturated rings. The summed E-state index contributed by atoms with van der Waals surface area (Å²) in [7, 11) is 3.73. The molecule has 0 saturated carbocycles. The van der Waals surface area contributed by atoms with Crippen LogP contribution in [0.15, 0.2) is 10.6 Å². The van der Waals surface area contributed by atoms with E-state index in [0.717, 1.165) is 31.2 Å². The molecule has 1 aliphatic heterocycles. The highest BCUT2D eigenvalue weighted by Gasteiger charge is 2.37. The van der Waals surface area contributed by atoms with Crippen molar-refractivity contribution in [3.63, 3.8) is 0 Å². The largest absolute Gasteiger partial charge is 0.384 e. The minimum Gasteiger partial charge on any atom is -0.384 e. The molecule has 22 heavy (non-hydrogen) atoms. The van der Waals surface area contributed by atoms with E-state index in [1.165, 1.54) is 5.69 Å². The third-order valence-electron chi connectivity index (χ3n) is 4.24. The van der Waals surface area contributed by atoms with Crippen LogP contribution < -0.4 is 0 Å². The van der Waals surface area contributed by atoms with Gasteiger partial charge in [-0.15, -0.1) is 0 Å². The zero-order valence-electron chi connectivity index (χ0n) is 13.6. The maximum absolute atomic E-state index is 5.39. The van der Waals surface area contributed by atoms with Crippen molar-refractivity contribution in [1.82, 2.24) is 24.8 Å². The zero-order valence-corrected chi connectivity index (χ0v) is 13.6. The van der Waals surface area contributed by atoms with Crippen molar-refractivity contribution in [1.29, 1.82) is 0 Å². The van der Waals surface area contributed by atoms with Gasteiger partial charge in [0.2, 0.25) is 5.89 Å². The van der Waals surface area contributed by atoms with E-state index in [4.69, 9.17) is 9.26 Å². The quantitative estimate of drug-likeness (QED) is 0.829. The SMILES string of the molecule is COC[C@@H]1CN(Cc2cc(C)nn2C)C[C@H]1c1nc(C)no1. The summed E-state index contributed by atoms with van der Waals surface area (Å²) in [5.41, 5.74) is 2.27. The number of aromatic nitrogens is 4. The van der Waals surface area contributed by atoms with Crippen molar-refractivity contribution in [2.45, 2.75) is 26.3 Å². The highest BCUT2D eigenvalue weighted by Crippen LogP contribution is 2.32. The van der Waals surface area contributed by atoms with E-state index >= 15 is 0 Å². The van der Waals surface area contributed by atoms with Gasteiger partial charge < -0.3 is 9.26 Å². The molecule has 0 radical (unpaired) electrons. The molecule has 2 atom stereocenters. The maximum Gasteiger partial charge on any atom is 0.231 e. The van der Waals surface area contributed by atoms with Crippen LogP contribution in [-0.4, -0.2) is 51.6 Å².